The van der Waals surface area contributed by atoms with Crippen LogP contribution < -0.4 is 4.90 Å². The van der Waals surface area contributed by atoms with E-state index in [4.69, 9.17) is 0 Å². The number of anilines is 1. The van der Waals surface area contributed by atoms with E-state index in [-0.39, 0.29) is 16.2 Å². The van der Waals surface area contributed by atoms with Gasteiger partial charge >= 0.3 is 6.18 Å². The van der Waals surface area contributed by atoms with E-state index in [1.54, 1.807) is 17.0 Å². The van der Waals surface area contributed by atoms with Crippen LogP contribution in [-0.4, -0.2) is 51.7 Å². The van der Waals surface area contributed by atoms with Crippen LogP contribution >= 0.6 is 0 Å². The van der Waals surface area contributed by atoms with Crippen LogP contribution in [0.3, 0.4) is 0 Å². The number of alkyl halides is 3. The highest BCUT2D eigenvalue weighted by Crippen LogP contribution is 2.49. The van der Waals surface area contributed by atoms with Crippen LogP contribution in [0.25, 0.3) is 0 Å². The number of carbonyl (C=O) groups excluding carboxylic acids is 1. The summed E-state index contributed by atoms with van der Waals surface area (Å²) in [6.07, 6.45) is -1.35. The maximum Gasteiger partial charge on any atom is 0.416 e. The van der Waals surface area contributed by atoms with Crippen molar-refractivity contribution in [3.63, 3.8) is 0 Å². The van der Waals surface area contributed by atoms with Crippen LogP contribution in [0.4, 0.5) is 18.9 Å². The van der Waals surface area contributed by atoms with Gasteiger partial charge < -0.3 is 9.80 Å². The lowest BCUT2D eigenvalue weighted by molar-refractivity contribution is -0.137. The SMILES string of the molecule is CC1(c2ccc(S(C)(=O)=O)cc2C(=O)N2CCN(c3ccc(C(F)(F)F)cc3)CC2)CC1. The third-order valence-electron chi connectivity index (χ3n) is 6.43. The lowest BCUT2D eigenvalue weighted by Crippen LogP contribution is -2.49. The standard InChI is InChI=1S/C23H25F3N2O3S/c1-22(9-10-22)20-8-7-18(32(2,30)31)15-19(20)21(29)28-13-11-27(12-14-28)17-5-3-16(4-6-17)23(24,25)26/h3-8,15H,9-14H2,1-2H3. The highest BCUT2D eigenvalue weighted by atomic mass is 32.2. The minimum absolute atomic E-state index is 0.108. The van der Waals surface area contributed by atoms with Crippen LogP contribution in [0, 0.1) is 0 Å². The minimum atomic E-state index is -4.37. The summed E-state index contributed by atoms with van der Waals surface area (Å²) in [4.78, 5) is 17.1. The van der Waals surface area contributed by atoms with E-state index in [0.29, 0.717) is 37.4 Å². The topological polar surface area (TPSA) is 57.7 Å². The second-order valence-corrected chi connectivity index (χ2v) is 10.9. The first-order valence-corrected chi connectivity index (χ1v) is 12.3. The van der Waals surface area contributed by atoms with Crippen LogP contribution in [0.1, 0.15) is 41.3 Å². The summed E-state index contributed by atoms with van der Waals surface area (Å²) in [6, 6.07) is 9.82. The fourth-order valence-electron chi connectivity index (χ4n) is 4.11. The van der Waals surface area contributed by atoms with E-state index in [1.807, 2.05) is 4.90 Å². The molecule has 5 nitrogen and oxygen atoms in total. The van der Waals surface area contributed by atoms with Gasteiger partial charge in [-0.05, 0) is 60.2 Å². The second kappa shape index (κ2) is 7.79. The van der Waals surface area contributed by atoms with Gasteiger partial charge in [-0.25, -0.2) is 8.42 Å². The molecule has 1 saturated heterocycles. The highest BCUT2D eigenvalue weighted by molar-refractivity contribution is 7.90. The number of piperazine rings is 1. The van der Waals surface area contributed by atoms with Gasteiger partial charge in [0.25, 0.3) is 5.91 Å². The molecule has 1 amide bonds. The Kier molecular flexibility index (Phi) is 5.51. The Balaban J connectivity index is 1.51. The summed E-state index contributed by atoms with van der Waals surface area (Å²) in [5.41, 5.74) is 1.18. The molecular weight excluding hydrogens is 441 g/mol. The largest absolute Gasteiger partial charge is 0.416 e. The average Bonchev–Trinajstić information content (AvgIpc) is 3.50. The highest BCUT2D eigenvalue weighted by Gasteiger charge is 2.42. The number of carbonyl (C=O) groups is 1. The predicted octanol–water partition coefficient (Wildman–Crippen LogP) is 4.12. The summed E-state index contributed by atoms with van der Waals surface area (Å²) in [5, 5.41) is 0. The van der Waals surface area contributed by atoms with Crippen LogP contribution in [0.2, 0.25) is 0 Å². The maximum atomic E-state index is 13.4. The number of hydrogen-bond donors (Lipinski definition) is 0. The zero-order valence-corrected chi connectivity index (χ0v) is 18.8. The summed E-state index contributed by atoms with van der Waals surface area (Å²) >= 11 is 0. The van der Waals surface area contributed by atoms with Gasteiger partial charge in [0.2, 0.25) is 0 Å². The van der Waals surface area contributed by atoms with Gasteiger partial charge in [-0.2, -0.15) is 13.2 Å². The number of nitrogens with zero attached hydrogens (tertiary/aromatic N) is 2. The lowest BCUT2D eigenvalue weighted by atomic mass is 9.92. The number of amides is 1. The molecule has 0 atom stereocenters. The quantitative estimate of drug-likeness (QED) is 0.680. The molecule has 0 N–H and O–H groups in total. The van der Waals surface area contributed by atoms with Gasteiger partial charge in [0.05, 0.1) is 10.5 Å². The van der Waals surface area contributed by atoms with E-state index in [9.17, 15) is 26.4 Å². The fourth-order valence-corrected chi connectivity index (χ4v) is 4.76. The van der Waals surface area contributed by atoms with Crippen molar-refractivity contribution in [1.29, 1.82) is 0 Å². The Morgan fingerprint density at radius 1 is 0.969 bits per heavy atom. The summed E-state index contributed by atoms with van der Waals surface area (Å²) in [7, 11) is -3.45. The Bertz CT molecular complexity index is 1130. The zero-order valence-electron chi connectivity index (χ0n) is 17.9. The van der Waals surface area contributed by atoms with Gasteiger partial charge in [-0.1, -0.05) is 13.0 Å². The maximum absolute atomic E-state index is 13.4. The van der Waals surface area contributed by atoms with E-state index < -0.39 is 21.6 Å². The normalized spacial score (nSPS) is 18.5. The molecule has 2 aromatic carbocycles. The lowest BCUT2D eigenvalue weighted by Gasteiger charge is -2.36. The van der Waals surface area contributed by atoms with Gasteiger partial charge in [-0.15, -0.1) is 0 Å². The number of sulfone groups is 1. The Morgan fingerprint density at radius 2 is 1.56 bits per heavy atom. The molecule has 0 aromatic heterocycles. The fraction of sp³-hybridized carbons (Fsp3) is 0.435. The van der Waals surface area contributed by atoms with E-state index in [2.05, 4.69) is 6.92 Å². The van der Waals surface area contributed by atoms with Crippen molar-refractivity contribution in [2.75, 3.05) is 37.3 Å². The number of halogens is 3. The molecule has 32 heavy (non-hydrogen) atoms. The Morgan fingerprint density at radius 3 is 2.06 bits per heavy atom. The molecule has 2 aliphatic rings. The Hall–Kier alpha value is -2.55. The molecule has 0 unspecified atom stereocenters. The van der Waals surface area contributed by atoms with Crippen molar-refractivity contribution in [1.82, 2.24) is 4.90 Å². The van der Waals surface area contributed by atoms with Gasteiger partial charge in [0, 0.05) is 43.7 Å². The zero-order chi connectivity index (χ0) is 23.3. The molecule has 4 rings (SSSR count). The molecule has 2 aromatic rings. The van der Waals surface area contributed by atoms with Crippen molar-refractivity contribution in [3.05, 3.63) is 59.2 Å². The van der Waals surface area contributed by atoms with Crippen LogP contribution in [0.15, 0.2) is 47.4 Å². The number of benzene rings is 2. The molecule has 1 saturated carbocycles. The van der Waals surface area contributed by atoms with Crippen molar-refractivity contribution in [3.8, 4) is 0 Å². The van der Waals surface area contributed by atoms with Crippen LogP contribution in [0.5, 0.6) is 0 Å². The van der Waals surface area contributed by atoms with Crippen molar-refractivity contribution >= 4 is 21.4 Å². The van der Waals surface area contributed by atoms with Gasteiger partial charge in [0.1, 0.15) is 0 Å². The van der Waals surface area contributed by atoms with Crippen molar-refractivity contribution in [2.24, 2.45) is 0 Å². The third kappa shape index (κ3) is 4.48. The molecule has 1 heterocycles. The molecule has 1 aliphatic carbocycles. The minimum Gasteiger partial charge on any atom is -0.368 e. The first kappa shape index (κ1) is 22.6. The molecule has 2 fully saturated rings. The Labute approximate surface area is 185 Å². The van der Waals surface area contributed by atoms with Crippen molar-refractivity contribution in [2.45, 2.75) is 36.3 Å². The molecular formula is C23H25F3N2O3S. The van der Waals surface area contributed by atoms with E-state index >= 15 is 0 Å². The molecule has 1 aliphatic heterocycles. The number of hydrogen-bond acceptors (Lipinski definition) is 4. The molecule has 0 radical (unpaired) electrons. The van der Waals surface area contributed by atoms with Gasteiger partial charge in [0.15, 0.2) is 9.84 Å². The first-order valence-electron chi connectivity index (χ1n) is 10.4. The van der Waals surface area contributed by atoms with Gasteiger partial charge in [-0.3, -0.25) is 4.79 Å². The summed E-state index contributed by atoms with van der Waals surface area (Å²) < 4.78 is 62.5. The number of rotatable bonds is 4. The average molecular weight is 467 g/mol. The second-order valence-electron chi connectivity index (χ2n) is 8.86. The summed E-state index contributed by atoms with van der Waals surface area (Å²) in [5.74, 6) is -0.203. The smallest absolute Gasteiger partial charge is 0.368 e. The summed E-state index contributed by atoms with van der Waals surface area (Å²) in [6.45, 7) is 3.84. The molecule has 172 valence electrons. The molecule has 0 spiro atoms. The van der Waals surface area contributed by atoms with Crippen molar-refractivity contribution < 1.29 is 26.4 Å². The third-order valence-corrected chi connectivity index (χ3v) is 7.54. The van der Waals surface area contributed by atoms with Crippen LogP contribution in [-0.2, 0) is 21.4 Å². The predicted molar refractivity (Wildman–Crippen MR) is 116 cm³/mol. The molecule has 0 bridgehead atoms. The monoisotopic (exact) mass is 466 g/mol. The van der Waals surface area contributed by atoms with E-state index in [1.165, 1.54) is 18.2 Å². The first-order chi connectivity index (χ1) is 14.9. The van der Waals surface area contributed by atoms with E-state index in [0.717, 1.165) is 36.8 Å². The molecule has 9 heteroatoms.